The van der Waals surface area contributed by atoms with Crippen molar-refractivity contribution in [2.24, 2.45) is 5.92 Å². The number of nitrogens with zero attached hydrogens (tertiary/aromatic N) is 3. The lowest BCUT2D eigenvalue weighted by molar-refractivity contribution is -0.141. The molecule has 1 aliphatic rings. The Morgan fingerprint density at radius 3 is 2.83 bits per heavy atom. The molecule has 0 radical (unpaired) electrons. The maximum Gasteiger partial charge on any atom is 0.246 e. The van der Waals surface area contributed by atoms with E-state index in [1.165, 1.54) is 0 Å². The molecule has 0 bridgehead atoms. The average molecular weight is 325 g/mol. The van der Waals surface area contributed by atoms with E-state index in [4.69, 9.17) is 13.9 Å². The van der Waals surface area contributed by atoms with Crippen LogP contribution in [0, 0.1) is 12.8 Å². The van der Waals surface area contributed by atoms with Crippen LogP contribution < -0.4 is 0 Å². The van der Waals surface area contributed by atoms with Crippen LogP contribution in [0.2, 0.25) is 0 Å². The Kier molecular flexibility index (Phi) is 6.53. The molecular weight excluding hydrogens is 298 g/mol. The summed E-state index contributed by atoms with van der Waals surface area (Å²) in [5.74, 6) is 1.60. The first-order valence-electron chi connectivity index (χ1n) is 8.26. The lowest BCUT2D eigenvalue weighted by Crippen LogP contribution is -2.42. The zero-order valence-electron chi connectivity index (χ0n) is 14.4. The van der Waals surface area contributed by atoms with Crippen molar-refractivity contribution in [1.29, 1.82) is 0 Å². The Hall–Kier alpha value is -1.47. The predicted molar refractivity (Wildman–Crippen MR) is 83.8 cm³/mol. The summed E-state index contributed by atoms with van der Waals surface area (Å²) in [4.78, 5) is 14.1. The summed E-state index contributed by atoms with van der Waals surface area (Å²) in [5.41, 5.74) is 0. The van der Waals surface area contributed by atoms with E-state index in [-0.39, 0.29) is 18.1 Å². The van der Waals surface area contributed by atoms with Crippen LogP contribution in [0.1, 0.15) is 51.5 Å². The number of morpholine rings is 1. The highest BCUT2D eigenvalue weighted by molar-refractivity contribution is 5.76. The van der Waals surface area contributed by atoms with Crippen molar-refractivity contribution in [3.8, 4) is 0 Å². The van der Waals surface area contributed by atoms with Gasteiger partial charge in [-0.25, -0.2) is 0 Å². The first-order chi connectivity index (χ1) is 11.0. The summed E-state index contributed by atoms with van der Waals surface area (Å²) in [5, 5.41) is 7.78. The lowest BCUT2D eigenvalue weighted by atomic mass is 10.1. The molecule has 0 saturated carbocycles. The van der Waals surface area contributed by atoms with E-state index in [9.17, 15) is 4.79 Å². The van der Waals surface area contributed by atoms with Crippen molar-refractivity contribution in [3.63, 3.8) is 0 Å². The van der Waals surface area contributed by atoms with Crippen LogP contribution in [0.5, 0.6) is 0 Å². The van der Waals surface area contributed by atoms with Gasteiger partial charge in [-0.15, -0.1) is 10.2 Å². The van der Waals surface area contributed by atoms with Crippen LogP contribution in [-0.4, -0.2) is 53.4 Å². The van der Waals surface area contributed by atoms with Crippen molar-refractivity contribution < 1.29 is 18.7 Å². The van der Waals surface area contributed by atoms with Crippen LogP contribution in [0.4, 0.5) is 0 Å². The molecule has 2 heterocycles. The molecule has 7 heteroatoms. The topological polar surface area (TPSA) is 77.7 Å². The van der Waals surface area contributed by atoms with Crippen LogP contribution in [-0.2, 0) is 14.3 Å². The molecular formula is C16H27N3O4. The molecule has 1 aliphatic heterocycles. The summed E-state index contributed by atoms with van der Waals surface area (Å²) in [7, 11) is 0. The minimum atomic E-state index is -0.338. The van der Waals surface area contributed by atoms with Gasteiger partial charge in [0.1, 0.15) is 0 Å². The normalized spacial score (nSPS) is 20.0. The molecule has 2 atom stereocenters. The van der Waals surface area contributed by atoms with Gasteiger partial charge in [-0.1, -0.05) is 13.8 Å². The number of aryl methyl sites for hydroxylation is 1. The van der Waals surface area contributed by atoms with Crippen molar-refractivity contribution in [2.45, 2.75) is 52.7 Å². The first kappa shape index (κ1) is 17.9. The Bertz CT molecular complexity index is 503. The highest BCUT2D eigenvalue weighted by Crippen LogP contribution is 2.21. The maximum absolute atomic E-state index is 12.3. The van der Waals surface area contributed by atoms with Gasteiger partial charge in [0.15, 0.2) is 6.10 Å². The molecule has 1 amide bonds. The second-order valence-electron chi connectivity index (χ2n) is 6.42. The van der Waals surface area contributed by atoms with Gasteiger partial charge in [-0.2, -0.15) is 0 Å². The fourth-order valence-electron chi connectivity index (χ4n) is 2.70. The third-order valence-corrected chi connectivity index (χ3v) is 3.76. The van der Waals surface area contributed by atoms with Crippen LogP contribution in [0.25, 0.3) is 0 Å². The van der Waals surface area contributed by atoms with E-state index < -0.39 is 0 Å². The van der Waals surface area contributed by atoms with E-state index >= 15 is 0 Å². The van der Waals surface area contributed by atoms with Gasteiger partial charge in [-0.3, -0.25) is 4.79 Å². The van der Waals surface area contributed by atoms with Crippen molar-refractivity contribution in [1.82, 2.24) is 15.1 Å². The van der Waals surface area contributed by atoms with Gasteiger partial charge in [0, 0.05) is 13.5 Å². The second kappa shape index (κ2) is 8.40. The van der Waals surface area contributed by atoms with Crippen molar-refractivity contribution in [2.75, 3.05) is 26.3 Å². The smallest absolute Gasteiger partial charge is 0.246 e. The van der Waals surface area contributed by atoms with E-state index in [0.717, 1.165) is 6.42 Å². The van der Waals surface area contributed by atoms with Gasteiger partial charge in [0.05, 0.1) is 32.3 Å². The molecule has 0 spiro atoms. The van der Waals surface area contributed by atoms with Gasteiger partial charge in [-0.05, 0) is 19.3 Å². The maximum atomic E-state index is 12.3. The molecule has 0 aliphatic carbocycles. The number of carbonyl (C=O) groups is 1. The summed E-state index contributed by atoms with van der Waals surface area (Å²) in [6.45, 7) is 10.1. The molecule has 1 aromatic rings. The third kappa shape index (κ3) is 5.58. The predicted octanol–water partition coefficient (Wildman–Crippen LogP) is 2.12. The van der Waals surface area contributed by atoms with E-state index in [1.807, 2.05) is 6.92 Å². The largest absolute Gasteiger partial charge is 0.423 e. The number of ether oxygens (including phenoxy) is 2. The Morgan fingerprint density at radius 2 is 2.17 bits per heavy atom. The summed E-state index contributed by atoms with van der Waals surface area (Å²) in [6.07, 6.45) is 1.24. The minimum Gasteiger partial charge on any atom is -0.423 e. The van der Waals surface area contributed by atoms with Gasteiger partial charge >= 0.3 is 0 Å². The summed E-state index contributed by atoms with van der Waals surface area (Å²) < 4.78 is 16.7. The number of hydrogen-bond donors (Lipinski definition) is 0. The number of aromatic nitrogens is 2. The Balaban J connectivity index is 1.76. The van der Waals surface area contributed by atoms with Crippen LogP contribution in [0.3, 0.4) is 0 Å². The van der Waals surface area contributed by atoms with Crippen LogP contribution in [0.15, 0.2) is 4.42 Å². The third-order valence-electron chi connectivity index (χ3n) is 3.76. The standard InChI is InChI=1S/C16H27N3O4/c1-11(2)9-12(3)21-7-5-15(20)19-6-8-22-14(10-19)16-18-17-13(4)23-16/h11-12,14H,5-10H2,1-4H3/t12-,14-/m1/s1. The first-order valence-corrected chi connectivity index (χ1v) is 8.26. The quantitative estimate of drug-likeness (QED) is 0.764. The molecule has 1 saturated heterocycles. The fraction of sp³-hybridized carbons (Fsp3) is 0.812. The zero-order chi connectivity index (χ0) is 16.8. The SMILES string of the molecule is Cc1nnc([C@H]2CN(C(=O)CCO[C@H](C)CC(C)C)CCO2)o1. The van der Waals surface area contributed by atoms with Crippen molar-refractivity contribution >= 4 is 5.91 Å². The second-order valence-corrected chi connectivity index (χ2v) is 6.42. The molecule has 1 aromatic heterocycles. The van der Waals surface area contributed by atoms with Gasteiger partial charge in [0.25, 0.3) is 0 Å². The van der Waals surface area contributed by atoms with Crippen molar-refractivity contribution in [3.05, 3.63) is 11.8 Å². The zero-order valence-corrected chi connectivity index (χ0v) is 14.4. The Morgan fingerprint density at radius 1 is 1.39 bits per heavy atom. The molecule has 1 fully saturated rings. The van der Waals surface area contributed by atoms with E-state index in [1.54, 1.807) is 11.8 Å². The summed E-state index contributed by atoms with van der Waals surface area (Å²) in [6, 6.07) is 0. The highest BCUT2D eigenvalue weighted by atomic mass is 16.5. The molecule has 2 rings (SSSR count). The molecule has 7 nitrogen and oxygen atoms in total. The fourth-order valence-corrected chi connectivity index (χ4v) is 2.70. The van der Waals surface area contributed by atoms with E-state index in [0.29, 0.717) is 50.4 Å². The lowest BCUT2D eigenvalue weighted by Gasteiger charge is -2.31. The highest BCUT2D eigenvalue weighted by Gasteiger charge is 2.28. The van der Waals surface area contributed by atoms with Gasteiger partial charge in [0.2, 0.25) is 17.7 Å². The molecule has 0 unspecified atom stereocenters. The minimum absolute atomic E-state index is 0.0753. The molecule has 0 N–H and O–H groups in total. The van der Waals surface area contributed by atoms with E-state index in [2.05, 4.69) is 24.0 Å². The number of amides is 1. The average Bonchev–Trinajstić information content (AvgIpc) is 2.93. The van der Waals surface area contributed by atoms with Gasteiger partial charge < -0.3 is 18.8 Å². The monoisotopic (exact) mass is 325 g/mol. The number of hydrogen-bond acceptors (Lipinski definition) is 6. The molecule has 130 valence electrons. The summed E-state index contributed by atoms with van der Waals surface area (Å²) >= 11 is 0. The Labute approximate surface area is 137 Å². The molecule has 0 aromatic carbocycles. The van der Waals surface area contributed by atoms with Crippen LogP contribution >= 0.6 is 0 Å². The number of carbonyl (C=O) groups excluding carboxylic acids is 1. The molecule has 23 heavy (non-hydrogen) atoms. The number of rotatable bonds is 7.